The van der Waals surface area contributed by atoms with Crippen LogP contribution in [0.25, 0.3) is 0 Å². The molecule has 3 nitrogen and oxygen atoms in total. The van der Waals surface area contributed by atoms with Crippen molar-refractivity contribution >= 4 is 11.6 Å². The van der Waals surface area contributed by atoms with E-state index in [1.807, 2.05) is 24.3 Å². The quantitative estimate of drug-likeness (QED) is 0.792. The van der Waals surface area contributed by atoms with E-state index in [1.165, 1.54) is 12.7 Å². The molecular weight excluding hydrogens is 178 g/mol. The van der Waals surface area contributed by atoms with E-state index >= 15 is 0 Å². The first-order valence-corrected chi connectivity index (χ1v) is 4.64. The molecule has 0 unspecified atom stereocenters. The Morgan fingerprint density at radius 2 is 2.29 bits per heavy atom. The number of amides is 1. The van der Waals surface area contributed by atoms with Gasteiger partial charge in [0, 0.05) is 12.8 Å². The van der Waals surface area contributed by atoms with Crippen LogP contribution in [0.15, 0.2) is 24.3 Å². The summed E-state index contributed by atoms with van der Waals surface area (Å²) in [6.45, 7) is 2.17. The van der Waals surface area contributed by atoms with Crippen molar-refractivity contribution in [2.24, 2.45) is 0 Å². The van der Waals surface area contributed by atoms with Crippen molar-refractivity contribution in [3.63, 3.8) is 0 Å². The van der Waals surface area contributed by atoms with Crippen LogP contribution in [0.3, 0.4) is 0 Å². The lowest BCUT2D eigenvalue weighted by Crippen LogP contribution is -2.17. The Bertz CT molecular complexity index is 310. The summed E-state index contributed by atoms with van der Waals surface area (Å²) in [5.41, 5.74) is 2.03. The van der Waals surface area contributed by atoms with Crippen LogP contribution >= 0.6 is 0 Å². The number of aryl methyl sites for hydroxylation is 1. The van der Waals surface area contributed by atoms with Crippen LogP contribution in [-0.2, 0) is 16.0 Å². The zero-order chi connectivity index (χ0) is 10.4. The lowest BCUT2D eigenvalue weighted by molar-refractivity contribution is -0.119. The first-order chi connectivity index (χ1) is 6.76. The third-order valence-electron chi connectivity index (χ3n) is 1.89. The molecule has 0 saturated heterocycles. The van der Waals surface area contributed by atoms with Crippen LogP contribution in [0.1, 0.15) is 12.5 Å². The topological polar surface area (TPSA) is 38.3 Å². The summed E-state index contributed by atoms with van der Waals surface area (Å²) in [5.74, 6) is -0.124. The molecule has 0 saturated carbocycles. The van der Waals surface area contributed by atoms with E-state index in [1.54, 1.807) is 0 Å². The smallest absolute Gasteiger partial charge is 0.250 e. The number of nitrogens with one attached hydrogen (secondary N) is 1. The van der Waals surface area contributed by atoms with E-state index in [0.717, 1.165) is 12.1 Å². The standard InChI is InChI=1S/C11H15NO2/c1-3-9-5-4-6-10(7-9)12-11(13)8-14-2/h4-7H,3,8H2,1-2H3,(H,12,13). The second-order valence-electron chi connectivity index (χ2n) is 3.04. The average molecular weight is 193 g/mol. The number of rotatable bonds is 4. The first kappa shape index (κ1) is 10.7. The molecule has 0 bridgehead atoms. The predicted octanol–water partition coefficient (Wildman–Crippen LogP) is 1.83. The first-order valence-electron chi connectivity index (χ1n) is 4.64. The molecular formula is C11H15NO2. The molecule has 0 radical (unpaired) electrons. The minimum Gasteiger partial charge on any atom is -0.375 e. The van der Waals surface area contributed by atoms with Gasteiger partial charge in [-0.3, -0.25) is 4.79 Å². The minimum atomic E-state index is -0.124. The number of carbonyl (C=O) groups is 1. The summed E-state index contributed by atoms with van der Waals surface area (Å²) in [7, 11) is 1.50. The molecule has 1 N–H and O–H groups in total. The number of anilines is 1. The minimum absolute atomic E-state index is 0.0936. The van der Waals surface area contributed by atoms with E-state index in [9.17, 15) is 4.79 Å². The fourth-order valence-electron chi connectivity index (χ4n) is 1.20. The highest BCUT2D eigenvalue weighted by atomic mass is 16.5. The highest BCUT2D eigenvalue weighted by molar-refractivity contribution is 5.91. The number of benzene rings is 1. The molecule has 1 aromatic carbocycles. The van der Waals surface area contributed by atoms with E-state index in [4.69, 9.17) is 4.74 Å². The molecule has 0 aliphatic rings. The third kappa shape index (κ3) is 3.18. The van der Waals surface area contributed by atoms with Crippen molar-refractivity contribution in [1.29, 1.82) is 0 Å². The van der Waals surface area contributed by atoms with E-state index in [-0.39, 0.29) is 12.5 Å². The van der Waals surface area contributed by atoms with Crippen LogP contribution in [0.2, 0.25) is 0 Å². The summed E-state index contributed by atoms with van der Waals surface area (Å²) in [6, 6.07) is 7.80. The summed E-state index contributed by atoms with van der Waals surface area (Å²) in [6.07, 6.45) is 0.966. The Morgan fingerprint density at radius 3 is 2.93 bits per heavy atom. The van der Waals surface area contributed by atoms with Gasteiger partial charge in [0.1, 0.15) is 6.61 Å². The van der Waals surface area contributed by atoms with Gasteiger partial charge in [0.2, 0.25) is 5.91 Å². The molecule has 3 heteroatoms. The summed E-state index contributed by atoms with van der Waals surface area (Å²) in [4.78, 5) is 11.2. The molecule has 1 aromatic rings. The SMILES string of the molecule is CCc1cccc(NC(=O)COC)c1. The van der Waals surface area contributed by atoms with Crippen molar-refractivity contribution in [2.75, 3.05) is 19.0 Å². The van der Waals surface area contributed by atoms with Crippen molar-refractivity contribution in [3.8, 4) is 0 Å². The monoisotopic (exact) mass is 193 g/mol. The van der Waals surface area contributed by atoms with Crippen LogP contribution in [-0.4, -0.2) is 19.6 Å². The number of hydrogen-bond acceptors (Lipinski definition) is 2. The second kappa shape index (κ2) is 5.40. The fourth-order valence-corrected chi connectivity index (χ4v) is 1.20. The maximum absolute atomic E-state index is 11.2. The van der Waals surface area contributed by atoms with Crippen molar-refractivity contribution in [1.82, 2.24) is 0 Å². The van der Waals surface area contributed by atoms with Crippen molar-refractivity contribution in [2.45, 2.75) is 13.3 Å². The Kier molecular flexibility index (Phi) is 4.13. The van der Waals surface area contributed by atoms with Gasteiger partial charge < -0.3 is 10.1 Å². The van der Waals surface area contributed by atoms with E-state index in [0.29, 0.717) is 0 Å². The van der Waals surface area contributed by atoms with E-state index < -0.39 is 0 Å². The van der Waals surface area contributed by atoms with Crippen LogP contribution < -0.4 is 5.32 Å². The van der Waals surface area contributed by atoms with Crippen LogP contribution in [0, 0.1) is 0 Å². The van der Waals surface area contributed by atoms with Crippen molar-refractivity contribution in [3.05, 3.63) is 29.8 Å². The molecule has 0 aliphatic heterocycles. The molecule has 1 rings (SSSR count). The summed E-state index contributed by atoms with van der Waals surface area (Å²) >= 11 is 0. The number of hydrogen-bond donors (Lipinski definition) is 1. The molecule has 0 aromatic heterocycles. The number of methoxy groups -OCH3 is 1. The lowest BCUT2D eigenvalue weighted by Gasteiger charge is -2.05. The zero-order valence-corrected chi connectivity index (χ0v) is 8.54. The second-order valence-corrected chi connectivity index (χ2v) is 3.04. The molecule has 14 heavy (non-hydrogen) atoms. The van der Waals surface area contributed by atoms with Gasteiger partial charge in [-0.05, 0) is 24.1 Å². The van der Waals surface area contributed by atoms with Crippen molar-refractivity contribution < 1.29 is 9.53 Å². The highest BCUT2D eigenvalue weighted by Gasteiger charge is 2.00. The van der Waals surface area contributed by atoms with Gasteiger partial charge in [-0.15, -0.1) is 0 Å². The number of carbonyl (C=O) groups excluding carboxylic acids is 1. The molecule has 0 atom stereocenters. The van der Waals surface area contributed by atoms with Gasteiger partial charge in [-0.1, -0.05) is 19.1 Å². The molecule has 0 aliphatic carbocycles. The van der Waals surface area contributed by atoms with E-state index in [2.05, 4.69) is 12.2 Å². The maximum atomic E-state index is 11.2. The molecule has 0 fully saturated rings. The Morgan fingerprint density at radius 1 is 1.50 bits per heavy atom. The summed E-state index contributed by atoms with van der Waals surface area (Å²) in [5, 5.41) is 2.75. The zero-order valence-electron chi connectivity index (χ0n) is 8.54. The molecule has 0 heterocycles. The third-order valence-corrected chi connectivity index (χ3v) is 1.89. The van der Waals surface area contributed by atoms with Gasteiger partial charge >= 0.3 is 0 Å². The van der Waals surface area contributed by atoms with Gasteiger partial charge in [-0.2, -0.15) is 0 Å². The van der Waals surface area contributed by atoms with Crippen LogP contribution in [0.4, 0.5) is 5.69 Å². The highest BCUT2D eigenvalue weighted by Crippen LogP contribution is 2.10. The average Bonchev–Trinajstić information content (AvgIpc) is 2.18. The number of ether oxygens (including phenoxy) is 1. The summed E-state index contributed by atoms with van der Waals surface area (Å²) < 4.78 is 4.72. The molecule has 76 valence electrons. The normalized spacial score (nSPS) is 9.86. The Labute approximate surface area is 84.1 Å². The Hall–Kier alpha value is -1.35. The van der Waals surface area contributed by atoms with Gasteiger partial charge in [-0.25, -0.2) is 0 Å². The molecule has 0 spiro atoms. The fraction of sp³-hybridized carbons (Fsp3) is 0.364. The van der Waals surface area contributed by atoms with Gasteiger partial charge in [0.15, 0.2) is 0 Å². The maximum Gasteiger partial charge on any atom is 0.250 e. The van der Waals surface area contributed by atoms with Gasteiger partial charge in [0.25, 0.3) is 0 Å². The van der Waals surface area contributed by atoms with Gasteiger partial charge in [0.05, 0.1) is 0 Å². The molecule has 1 amide bonds. The Balaban J connectivity index is 2.62. The largest absolute Gasteiger partial charge is 0.375 e. The van der Waals surface area contributed by atoms with Crippen LogP contribution in [0.5, 0.6) is 0 Å². The lowest BCUT2D eigenvalue weighted by atomic mass is 10.1. The predicted molar refractivity (Wildman–Crippen MR) is 56.3 cm³/mol.